The molecule has 1 aromatic carbocycles. The molecule has 1 fully saturated rings. The molecule has 0 aromatic heterocycles. The van der Waals surface area contributed by atoms with Crippen molar-refractivity contribution in [2.75, 3.05) is 13.7 Å². The van der Waals surface area contributed by atoms with Gasteiger partial charge in [0.25, 0.3) is 0 Å². The third-order valence-corrected chi connectivity index (χ3v) is 6.26. The SMILES string of the molecule is COc1ccc(Br)cc1S(=O)(=O)N1CCCCC1C(C)N. The van der Waals surface area contributed by atoms with Crippen LogP contribution in [-0.2, 0) is 10.0 Å². The Hall–Kier alpha value is -0.630. The van der Waals surface area contributed by atoms with Crippen LogP contribution in [0.4, 0.5) is 0 Å². The Kier molecular flexibility index (Phi) is 5.29. The number of piperidine rings is 1. The van der Waals surface area contributed by atoms with Gasteiger partial charge < -0.3 is 10.5 Å². The summed E-state index contributed by atoms with van der Waals surface area (Å²) in [6.07, 6.45) is 2.67. The average Bonchev–Trinajstić information content (AvgIpc) is 2.47. The molecule has 1 saturated heterocycles. The molecule has 21 heavy (non-hydrogen) atoms. The number of rotatable bonds is 4. The molecule has 7 heteroatoms. The number of sulfonamides is 1. The zero-order valence-electron chi connectivity index (χ0n) is 12.3. The fourth-order valence-electron chi connectivity index (χ4n) is 2.73. The molecule has 2 N–H and O–H groups in total. The number of hydrogen-bond donors (Lipinski definition) is 1. The predicted octanol–water partition coefficient (Wildman–Crippen LogP) is 2.35. The summed E-state index contributed by atoms with van der Waals surface area (Å²) in [6.45, 7) is 2.36. The third kappa shape index (κ3) is 3.41. The fraction of sp³-hybridized carbons (Fsp3) is 0.571. The molecule has 0 aliphatic carbocycles. The third-order valence-electron chi connectivity index (χ3n) is 3.82. The fourth-order valence-corrected chi connectivity index (χ4v) is 5.20. The molecule has 1 heterocycles. The topological polar surface area (TPSA) is 72.6 Å². The van der Waals surface area contributed by atoms with Crippen LogP contribution in [-0.4, -0.2) is 38.5 Å². The molecule has 1 aliphatic heterocycles. The minimum atomic E-state index is -3.62. The Morgan fingerprint density at radius 1 is 1.43 bits per heavy atom. The van der Waals surface area contributed by atoms with Gasteiger partial charge in [-0.1, -0.05) is 22.4 Å². The molecular formula is C14H21BrN2O3S. The number of methoxy groups -OCH3 is 1. The Labute approximate surface area is 134 Å². The Balaban J connectivity index is 2.47. The Morgan fingerprint density at radius 2 is 2.14 bits per heavy atom. The lowest BCUT2D eigenvalue weighted by molar-refractivity contribution is 0.226. The minimum Gasteiger partial charge on any atom is -0.495 e. The molecule has 1 aromatic rings. The van der Waals surface area contributed by atoms with Gasteiger partial charge in [0, 0.05) is 23.1 Å². The Bertz CT molecular complexity index is 604. The molecule has 0 saturated carbocycles. The molecule has 2 unspecified atom stereocenters. The standard InChI is InChI=1S/C14H21BrN2O3S/c1-10(16)12-5-3-4-8-17(12)21(18,19)14-9-11(15)6-7-13(14)20-2/h6-7,9-10,12H,3-5,8,16H2,1-2H3. The summed E-state index contributed by atoms with van der Waals surface area (Å²) in [6, 6.07) is 4.64. The van der Waals surface area contributed by atoms with Gasteiger partial charge >= 0.3 is 0 Å². The van der Waals surface area contributed by atoms with Crippen molar-refractivity contribution in [2.24, 2.45) is 5.73 Å². The van der Waals surface area contributed by atoms with E-state index in [1.807, 2.05) is 6.92 Å². The van der Waals surface area contributed by atoms with Gasteiger partial charge in [0.2, 0.25) is 10.0 Å². The second-order valence-corrected chi connectivity index (χ2v) is 8.11. The first-order valence-electron chi connectivity index (χ1n) is 6.99. The van der Waals surface area contributed by atoms with Gasteiger partial charge in [0.05, 0.1) is 7.11 Å². The number of benzene rings is 1. The molecule has 0 amide bonds. The van der Waals surface area contributed by atoms with Gasteiger partial charge in [-0.2, -0.15) is 4.31 Å². The van der Waals surface area contributed by atoms with Crippen molar-refractivity contribution in [1.29, 1.82) is 0 Å². The van der Waals surface area contributed by atoms with Gasteiger partial charge in [-0.3, -0.25) is 0 Å². The number of ether oxygens (including phenoxy) is 1. The second-order valence-electron chi connectivity index (χ2n) is 5.33. The van der Waals surface area contributed by atoms with E-state index in [9.17, 15) is 8.42 Å². The normalized spacial score (nSPS) is 22.0. The van der Waals surface area contributed by atoms with Crippen LogP contribution in [0, 0.1) is 0 Å². The maximum Gasteiger partial charge on any atom is 0.247 e. The van der Waals surface area contributed by atoms with E-state index in [0.717, 1.165) is 19.3 Å². The van der Waals surface area contributed by atoms with Crippen LogP contribution in [0.2, 0.25) is 0 Å². The molecule has 118 valence electrons. The van der Waals surface area contributed by atoms with E-state index in [1.165, 1.54) is 11.4 Å². The lowest BCUT2D eigenvalue weighted by atomic mass is 10.00. The highest BCUT2D eigenvalue weighted by atomic mass is 79.9. The lowest BCUT2D eigenvalue weighted by Crippen LogP contribution is -2.51. The number of hydrogen-bond acceptors (Lipinski definition) is 4. The van der Waals surface area contributed by atoms with Crippen LogP contribution in [0.5, 0.6) is 5.75 Å². The molecular weight excluding hydrogens is 356 g/mol. The van der Waals surface area contributed by atoms with Gasteiger partial charge in [-0.25, -0.2) is 8.42 Å². The zero-order chi connectivity index (χ0) is 15.6. The molecule has 1 aliphatic rings. The highest BCUT2D eigenvalue weighted by molar-refractivity contribution is 9.10. The van der Waals surface area contributed by atoms with Crippen molar-refractivity contribution >= 4 is 26.0 Å². The average molecular weight is 377 g/mol. The van der Waals surface area contributed by atoms with Crippen LogP contribution < -0.4 is 10.5 Å². The second kappa shape index (κ2) is 6.64. The first-order valence-corrected chi connectivity index (χ1v) is 9.22. The minimum absolute atomic E-state index is 0.160. The Morgan fingerprint density at radius 3 is 2.76 bits per heavy atom. The highest BCUT2D eigenvalue weighted by Gasteiger charge is 2.36. The summed E-state index contributed by atoms with van der Waals surface area (Å²) in [5, 5.41) is 0. The predicted molar refractivity (Wildman–Crippen MR) is 85.9 cm³/mol. The van der Waals surface area contributed by atoms with E-state index in [2.05, 4.69) is 15.9 Å². The molecule has 0 bridgehead atoms. The van der Waals surface area contributed by atoms with Crippen LogP contribution in [0.3, 0.4) is 0 Å². The van der Waals surface area contributed by atoms with Crippen LogP contribution in [0.1, 0.15) is 26.2 Å². The summed E-state index contributed by atoms with van der Waals surface area (Å²) >= 11 is 3.32. The van der Waals surface area contributed by atoms with E-state index in [4.69, 9.17) is 10.5 Å². The van der Waals surface area contributed by atoms with E-state index < -0.39 is 10.0 Å². The number of nitrogens with two attached hydrogens (primary N) is 1. The highest BCUT2D eigenvalue weighted by Crippen LogP contribution is 2.33. The molecule has 2 rings (SSSR count). The smallest absolute Gasteiger partial charge is 0.247 e. The lowest BCUT2D eigenvalue weighted by Gasteiger charge is -2.37. The molecule has 5 nitrogen and oxygen atoms in total. The maximum absolute atomic E-state index is 13.0. The van der Waals surface area contributed by atoms with Crippen molar-refractivity contribution in [3.05, 3.63) is 22.7 Å². The summed E-state index contributed by atoms with van der Waals surface area (Å²) in [7, 11) is -2.15. The summed E-state index contributed by atoms with van der Waals surface area (Å²) in [4.78, 5) is 0.187. The van der Waals surface area contributed by atoms with Gasteiger partial charge in [-0.15, -0.1) is 0 Å². The summed E-state index contributed by atoms with van der Waals surface area (Å²) < 4.78 is 33.5. The van der Waals surface area contributed by atoms with Crippen molar-refractivity contribution < 1.29 is 13.2 Å². The molecule has 2 atom stereocenters. The van der Waals surface area contributed by atoms with Crippen molar-refractivity contribution in [1.82, 2.24) is 4.31 Å². The van der Waals surface area contributed by atoms with Crippen molar-refractivity contribution in [2.45, 2.75) is 43.2 Å². The first-order chi connectivity index (χ1) is 9.87. The van der Waals surface area contributed by atoms with E-state index in [1.54, 1.807) is 18.2 Å². The molecule has 0 radical (unpaired) electrons. The van der Waals surface area contributed by atoms with Crippen LogP contribution >= 0.6 is 15.9 Å². The number of nitrogens with zero attached hydrogens (tertiary/aromatic N) is 1. The molecule has 0 spiro atoms. The van der Waals surface area contributed by atoms with Crippen molar-refractivity contribution in [3.8, 4) is 5.75 Å². The quantitative estimate of drug-likeness (QED) is 0.874. The zero-order valence-corrected chi connectivity index (χ0v) is 14.7. The van der Waals surface area contributed by atoms with E-state index >= 15 is 0 Å². The van der Waals surface area contributed by atoms with Gasteiger partial charge in [-0.05, 0) is 38.0 Å². The number of halogens is 1. The van der Waals surface area contributed by atoms with Crippen LogP contribution in [0.25, 0.3) is 0 Å². The summed E-state index contributed by atoms with van der Waals surface area (Å²) in [5.74, 6) is 0.354. The first kappa shape index (κ1) is 16.7. The van der Waals surface area contributed by atoms with E-state index in [0.29, 0.717) is 16.8 Å². The largest absolute Gasteiger partial charge is 0.495 e. The van der Waals surface area contributed by atoms with Gasteiger partial charge in [0.1, 0.15) is 10.6 Å². The van der Waals surface area contributed by atoms with Gasteiger partial charge in [0.15, 0.2) is 0 Å². The maximum atomic E-state index is 13.0. The van der Waals surface area contributed by atoms with Crippen molar-refractivity contribution in [3.63, 3.8) is 0 Å². The van der Waals surface area contributed by atoms with E-state index in [-0.39, 0.29) is 17.0 Å². The van der Waals surface area contributed by atoms with Crippen LogP contribution in [0.15, 0.2) is 27.6 Å². The summed E-state index contributed by atoms with van der Waals surface area (Å²) in [5.41, 5.74) is 5.99. The monoisotopic (exact) mass is 376 g/mol.